The minimum atomic E-state index is -0.640. The molecule has 3 aliphatic carbocycles. The van der Waals surface area contributed by atoms with Gasteiger partial charge < -0.3 is 5.11 Å². The van der Waals surface area contributed by atoms with Crippen LogP contribution in [0.4, 0.5) is 0 Å². The Labute approximate surface area is 161 Å². The van der Waals surface area contributed by atoms with Gasteiger partial charge in [0.1, 0.15) is 0 Å². The van der Waals surface area contributed by atoms with Gasteiger partial charge in [0.05, 0.1) is 0 Å². The lowest BCUT2D eigenvalue weighted by Gasteiger charge is -2.48. The third-order valence-corrected chi connectivity index (χ3v) is 8.43. The van der Waals surface area contributed by atoms with Crippen molar-refractivity contribution >= 4 is 5.97 Å². The average molecular weight is 363 g/mol. The molecule has 2 nitrogen and oxygen atoms in total. The molecular weight excluding hydrogens is 320 g/mol. The lowest BCUT2D eigenvalue weighted by atomic mass is 9.58. The number of hydrogen-bond donors (Lipinski definition) is 1. The van der Waals surface area contributed by atoms with Gasteiger partial charge in [-0.1, -0.05) is 45.4 Å². The number of carboxylic acid groups (broad SMARTS) is 1. The van der Waals surface area contributed by atoms with Crippen LogP contribution in [0, 0.1) is 35.5 Å². The summed E-state index contributed by atoms with van der Waals surface area (Å²) in [6.45, 7) is 2.39. The van der Waals surface area contributed by atoms with E-state index in [1.807, 2.05) is 0 Å². The zero-order valence-corrected chi connectivity index (χ0v) is 17.1. The highest BCUT2D eigenvalue weighted by atomic mass is 16.4. The van der Waals surface area contributed by atoms with Gasteiger partial charge in [0, 0.05) is 6.42 Å². The van der Waals surface area contributed by atoms with E-state index in [-0.39, 0.29) is 0 Å². The van der Waals surface area contributed by atoms with E-state index in [2.05, 4.69) is 6.92 Å². The first-order chi connectivity index (χ1) is 12.7. The molecule has 150 valence electrons. The smallest absolute Gasteiger partial charge is 0.303 e. The van der Waals surface area contributed by atoms with Crippen LogP contribution in [0.15, 0.2) is 0 Å². The van der Waals surface area contributed by atoms with E-state index in [1.54, 1.807) is 12.8 Å². The zero-order chi connectivity index (χ0) is 18.4. The van der Waals surface area contributed by atoms with Gasteiger partial charge in [-0.15, -0.1) is 0 Å². The fourth-order valence-electron chi connectivity index (χ4n) is 6.06. The van der Waals surface area contributed by atoms with Crippen LogP contribution in [0.1, 0.15) is 110 Å². The standard InChI is InChI=1S/C24H42O2/c1-2-18-10-12-20(18)16-22-14-15-23(22)17-21-13-11-19(21)8-6-4-3-5-7-9-24(25)26/h18-23H,2-17H2,1H3,(H,25,26)/t18?,19?,20-,21?,22?,23-/m1/s1. The highest BCUT2D eigenvalue weighted by molar-refractivity contribution is 5.66. The van der Waals surface area contributed by atoms with Crippen LogP contribution < -0.4 is 0 Å². The molecule has 3 aliphatic rings. The van der Waals surface area contributed by atoms with E-state index in [9.17, 15) is 4.79 Å². The molecule has 2 heteroatoms. The second kappa shape index (κ2) is 10.1. The molecule has 0 spiro atoms. The average Bonchev–Trinajstić information content (AvgIpc) is 2.55. The van der Waals surface area contributed by atoms with E-state index < -0.39 is 5.97 Å². The predicted octanol–water partition coefficient (Wildman–Crippen LogP) is 7.07. The van der Waals surface area contributed by atoms with Crippen molar-refractivity contribution in [1.29, 1.82) is 0 Å². The molecule has 0 radical (unpaired) electrons. The highest BCUT2D eigenvalue weighted by Gasteiger charge is 2.40. The Morgan fingerprint density at radius 3 is 1.65 bits per heavy atom. The monoisotopic (exact) mass is 362 g/mol. The number of unbranched alkanes of at least 4 members (excludes halogenated alkanes) is 4. The molecule has 0 aliphatic heterocycles. The van der Waals surface area contributed by atoms with Gasteiger partial charge in [0.2, 0.25) is 0 Å². The predicted molar refractivity (Wildman–Crippen MR) is 108 cm³/mol. The Morgan fingerprint density at radius 1 is 0.692 bits per heavy atom. The number of carbonyl (C=O) groups is 1. The summed E-state index contributed by atoms with van der Waals surface area (Å²) in [5.74, 6) is 5.77. The molecule has 0 bridgehead atoms. The third-order valence-electron chi connectivity index (χ3n) is 8.43. The maximum absolute atomic E-state index is 10.5. The van der Waals surface area contributed by atoms with Crippen molar-refractivity contribution < 1.29 is 9.90 Å². The molecule has 3 fully saturated rings. The SMILES string of the molecule is CCC1CC[C@@H]1CC1CC[C@@H]1CC1CCC1CCCCCCCC(=O)O. The molecule has 3 rings (SSSR count). The van der Waals surface area contributed by atoms with Gasteiger partial charge >= 0.3 is 5.97 Å². The second-order valence-electron chi connectivity index (χ2n) is 9.87. The van der Waals surface area contributed by atoms with Crippen LogP contribution in [0.5, 0.6) is 0 Å². The largest absolute Gasteiger partial charge is 0.481 e. The third kappa shape index (κ3) is 5.49. The Kier molecular flexibility index (Phi) is 7.88. The highest BCUT2D eigenvalue weighted by Crippen LogP contribution is 2.51. The van der Waals surface area contributed by atoms with Crippen LogP contribution in [-0.4, -0.2) is 11.1 Å². The van der Waals surface area contributed by atoms with Crippen LogP contribution in [0.25, 0.3) is 0 Å². The first-order valence-corrected chi connectivity index (χ1v) is 11.9. The van der Waals surface area contributed by atoms with E-state index in [0.717, 1.165) is 48.3 Å². The number of hydrogen-bond acceptors (Lipinski definition) is 1. The summed E-state index contributed by atoms with van der Waals surface area (Å²) in [6, 6.07) is 0. The zero-order valence-electron chi connectivity index (χ0n) is 17.1. The van der Waals surface area contributed by atoms with Gasteiger partial charge in [-0.2, -0.15) is 0 Å². The number of aliphatic carboxylic acids is 1. The van der Waals surface area contributed by atoms with Crippen molar-refractivity contribution in [3.63, 3.8) is 0 Å². The van der Waals surface area contributed by atoms with Crippen LogP contribution in [0.2, 0.25) is 0 Å². The minimum Gasteiger partial charge on any atom is -0.481 e. The van der Waals surface area contributed by atoms with Crippen molar-refractivity contribution in [2.24, 2.45) is 35.5 Å². The van der Waals surface area contributed by atoms with Gasteiger partial charge in [0.25, 0.3) is 0 Å². The first-order valence-electron chi connectivity index (χ1n) is 11.9. The topological polar surface area (TPSA) is 37.3 Å². The summed E-state index contributed by atoms with van der Waals surface area (Å²) in [5.41, 5.74) is 0. The van der Waals surface area contributed by atoms with E-state index in [0.29, 0.717) is 6.42 Å². The molecule has 0 aromatic rings. The molecule has 4 unspecified atom stereocenters. The number of rotatable bonds is 13. The number of carboxylic acids is 1. The quantitative estimate of drug-likeness (QED) is 0.356. The lowest BCUT2D eigenvalue weighted by molar-refractivity contribution is -0.137. The molecule has 26 heavy (non-hydrogen) atoms. The fraction of sp³-hybridized carbons (Fsp3) is 0.958. The van der Waals surface area contributed by atoms with E-state index >= 15 is 0 Å². The van der Waals surface area contributed by atoms with Gasteiger partial charge in [-0.25, -0.2) is 0 Å². The summed E-state index contributed by atoms with van der Waals surface area (Å²) in [6.07, 6.45) is 21.3. The van der Waals surface area contributed by atoms with Crippen molar-refractivity contribution in [3.05, 3.63) is 0 Å². The molecule has 0 aromatic heterocycles. The van der Waals surface area contributed by atoms with Crippen molar-refractivity contribution in [3.8, 4) is 0 Å². The van der Waals surface area contributed by atoms with Crippen LogP contribution in [-0.2, 0) is 4.79 Å². The Bertz CT molecular complexity index is 430. The second-order valence-corrected chi connectivity index (χ2v) is 9.87. The van der Waals surface area contributed by atoms with Crippen molar-refractivity contribution in [2.45, 2.75) is 110 Å². The minimum absolute atomic E-state index is 0.354. The fourth-order valence-corrected chi connectivity index (χ4v) is 6.06. The molecule has 0 saturated heterocycles. The van der Waals surface area contributed by atoms with Gasteiger partial charge in [-0.05, 0) is 93.3 Å². The van der Waals surface area contributed by atoms with Gasteiger partial charge in [0.15, 0.2) is 0 Å². The summed E-state index contributed by atoms with van der Waals surface area (Å²) in [7, 11) is 0. The molecule has 6 atom stereocenters. The molecular formula is C24H42O2. The van der Waals surface area contributed by atoms with Gasteiger partial charge in [-0.3, -0.25) is 4.79 Å². The van der Waals surface area contributed by atoms with Crippen molar-refractivity contribution in [1.82, 2.24) is 0 Å². The van der Waals surface area contributed by atoms with Crippen molar-refractivity contribution in [2.75, 3.05) is 0 Å². The maximum atomic E-state index is 10.5. The molecule has 0 amide bonds. The molecule has 0 heterocycles. The first kappa shape index (κ1) is 20.2. The molecule has 3 saturated carbocycles. The maximum Gasteiger partial charge on any atom is 0.303 e. The molecule has 1 N–H and O–H groups in total. The van der Waals surface area contributed by atoms with Crippen LogP contribution >= 0.6 is 0 Å². The normalized spacial score (nSPS) is 36.0. The summed E-state index contributed by atoms with van der Waals surface area (Å²) in [5, 5.41) is 8.66. The Hall–Kier alpha value is -0.530. The lowest BCUT2D eigenvalue weighted by Crippen LogP contribution is -2.37. The Balaban J connectivity index is 1.23. The van der Waals surface area contributed by atoms with Crippen LogP contribution in [0.3, 0.4) is 0 Å². The van der Waals surface area contributed by atoms with E-state index in [1.165, 1.54) is 70.6 Å². The molecule has 0 aromatic carbocycles. The van der Waals surface area contributed by atoms with E-state index in [4.69, 9.17) is 5.11 Å². The summed E-state index contributed by atoms with van der Waals surface area (Å²) < 4.78 is 0. The summed E-state index contributed by atoms with van der Waals surface area (Å²) in [4.78, 5) is 10.5. The Morgan fingerprint density at radius 2 is 1.15 bits per heavy atom. The summed E-state index contributed by atoms with van der Waals surface area (Å²) >= 11 is 0.